The second-order valence-corrected chi connectivity index (χ2v) is 9.90. The molecule has 0 unspecified atom stereocenters. The smallest absolute Gasteiger partial charge is 0.229 e. The van der Waals surface area contributed by atoms with Crippen molar-refractivity contribution in [1.29, 1.82) is 0 Å². The standard InChI is InChI=1S/C16H17BrN4O4S/c17-10-1-2-12-13(6-10)19-20-15(12)21-7-9(5-14(21)22)16(23)18-11-3-4-26(24,25)8-11/h1-2,6,9,11H,3-5,7-8H2,(H,18,23)(H,19,20)/t9-,11-/m1/s1. The highest BCUT2D eigenvalue weighted by Crippen LogP contribution is 2.31. The number of hydrogen-bond acceptors (Lipinski definition) is 5. The van der Waals surface area contributed by atoms with Gasteiger partial charge in [-0.05, 0) is 24.6 Å². The normalized spacial score (nSPS) is 25.1. The van der Waals surface area contributed by atoms with Crippen molar-refractivity contribution < 1.29 is 18.0 Å². The number of nitrogens with zero attached hydrogens (tertiary/aromatic N) is 2. The first-order valence-corrected chi connectivity index (χ1v) is 10.9. The monoisotopic (exact) mass is 440 g/mol. The number of halogens is 1. The maximum absolute atomic E-state index is 12.5. The summed E-state index contributed by atoms with van der Waals surface area (Å²) in [6.45, 7) is 0.236. The third kappa shape index (κ3) is 3.23. The van der Waals surface area contributed by atoms with Crippen LogP contribution in [0.4, 0.5) is 5.82 Å². The Hall–Kier alpha value is -1.94. The lowest BCUT2D eigenvalue weighted by molar-refractivity contribution is -0.126. The van der Waals surface area contributed by atoms with Crippen LogP contribution in [-0.4, -0.2) is 54.5 Å². The van der Waals surface area contributed by atoms with Gasteiger partial charge in [0.05, 0.1) is 22.9 Å². The number of sulfone groups is 1. The number of benzene rings is 1. The number of carbonyl (C=O) groups is 2. The second kappa shape index (κ2) is 6.34. The number of aromatic amines is 1. The van der Waals surface area contributed by atoms with E-state index >= 15 is 0 Å². The molecule has 2 fully saturated rings. The molecule has 8 nitrogen and oxygen atoms in total. The minimum absolute atomic E-state index is 0.0258. The molecule has 0 aliphatic carbocycles. The van der Waals surface area contributed by atoms with E-state index in [1.54, 1.807) is 0 Å². The summed E-state index contributed by atoms with van der Waals surface area (Å²) in [5.41, 5.74) is 0.797. The highest BCUT2D eigenvalue weighted by molar-refractivity contribution is 9.10. The van der Waals surface area contributed by atoms with E-state index in [2.05, 4.69) is 31.4 Å². The highest BCUT2D eigenvalue weighted by atomic mass is 79.9. The Bertz CT molecular complexity index is 1000. The first kappa shape index (κ1) is 17.5. The van der Waals surface area contributed by atoms with Crippen molar-refractivity contribution in [2.24, 2.45) is 5.92 Å². The van der Waals surface area contributed by atoms with Gasteiger partial charge in [0.2, 0.25) is 11.8 Å². The first-order chi connectivity index (χ1) is 12.3. The Labute approximate surface area is 158 Å². The molecule has 2 amide bonds. The summed E-state index contributed by atoms with van der Waals surface area (Å²) >= 11 is 3.39. The van der Waals surface area contributed by atoms with Crippen LogP contribution in [0.1, 0.15) is 12.8 Å². The van der Waals surface area contributed by atoms with E-state index < -0.39 is 15.8 Å². The fraction of sp³-hybridized carbons (Fsp3) is 0.438. The van der Waals surface area contributed by atoms with E-state index in [9.17, 15) is 18.0 Å². The molecule has 2 aliphatic heterocycles. The van der Waals surface area contributed by atoms with Gasteiger partial charge in [-0.15, -0.1) is 0 Å². The molecular formula is C16H17BrN4O4S. The lowest BCUT2D eigenvalue weighted by atomic mass is 10.1. The van der Waals surface area contributed by atoms with Gasteiger partial charge in [-0.25, -0.2) is 8.42 Å². The van der Waals surface area contributed by atoms with Gasteiger partial charge in [-0.1, -0.05) is 15.9 Å². The van der Waals surface area contributed by atoms with Crippen LogP contribution in [0.2, 0.25) is 0 Å². The second-order valence-electron chi connectivity index (χ2n) is 6.75. The number of H-pyrrole nitrogens is 1. The predicted molar refractivity (Wildman–Crippen MR) is 99.5 cm³/mol. The molecular weight excluding hydrogens is 424 g/mol. The van der Waals surface area contributed by atoms with Gasteiger partial charge < -0.3 is 5.32 Å². The van der Waals surface area contributed by atoms with Crippen molar-refractivity contribution in [3.05, 3.63) is 22.7 Å². The summed E-state index contributed by atoms with van der Waals surface area (Å²) < 4.78 is 23.9. The molecule has 2 atom stereocenters. The van der Waals surface area contributed by atoms with E-state index in [1.807, 2.05) is 18.2 Å². The van der Waals surface area contributed by atoms with Gasteiger partial charge in [-0.2, -0.15) is 5.10 Å². The van der Waals surface area contributed by atoms with Crippen LogP contribution in [0.15, 0.2) is 22.7 Å². The fourth-order valence-corrected chi connectivity index (χ4v) is 5.53. The van der Waals surface area contributed by atoms with Crippen molar-refractivity contribution in [1.82, 2.24) is 15.5 Å². The molecule has 1 aromatic carbocycles. The summed E-state index contributed by atoms with van der Waals surface area (Å²) in [5.74, 6) is -0.361. The molecule has 26 heavy (non-hydrogen) atoms. The van der Waals surface area contributed by atoms with Crippen molar-refractivity contribution in [3.8, 4) is 0 Å². The Morgan fingerprint density at radius 1 is 1.38 bits per heavy atom. The molecule has 0 bridgehead atoms. The summed E-state index contributed by atoms with van der Waals surface area (Å²) in [6, 6.07) is 5.24. The molecule has 4 rings (SSSR count). The van der Waals surface area contributed by atoms with Crippen molar-refractivity contribution in [3.63, 3.8) is 0 Å². The minimum Gasteiger partial charge on any atom is -0.352 e. The number of hydrogen-bond donors (Lipinski definition) is 2. The average Bonchev–Trinajstić information content (AvgIpc) is 3.24. The number of amides is 2. The van der Waals surface area contributed by atoms with Crippen LogP contribution in [0.5, 0.6) is 0 Å². The van der Waals surface area contributed by atoms with Gasteiger partial charge in [0.1, 0.15) is 0 Å². The molecule has 0 spiro atoms. The van der Waals surface area contributed by atoms with E-state index in [-0.39, 0.29) is 42.3 Å². The number of nitrogens with one attached hydrogen (secondary N) is 2. The zero-order chi connectivity index (χ0) is 18.5. The summed E-state index contributed by atoms with van der Waals surface area (Å²) in [6.07, 6.45) is 0.521. The number of fused-ring (bicyclic) bond motifs is 1. The fourth-order valence-electron chi connectivity index (χ4n) is 3.50. The molecule has 1 aromatic heterocycles. The maximum atomic E-state index is 12.5. The molecule has 10 heteroatoms. The van der Waals surface area contributed by atoms with Crippen molar-refractivity contribution in [2.45, 2.75) is 18.9 Å². The number of aromatic nitrogens is 2. The molecule has 138 valence electrons. The highest BCUT2D eigenvalue weighted by Gasteiger charge is 2.38. The molecule has 2 aromatic rings. The molecule has 2 N–H and O–H groups in total. The van der Waals surface area contributed by atoms with Crippen LogP contribution in [0, 0.1) is 5.92 Å². The molecule has 0 radical (unpaired) electrons. The first-order valence-electron chi connectivity index (χ1n) is 8.27. The van der Waals surface area contributed by atoms with E-state index in [0.717, 1.165) is 15.4 Å². The van der Waals surface area contributed by atoms with E-state index in [4.69, 9.17) is 0 Å². The van der Waals surface area contributed by atoms with Crippen LogP contribution in [-0.2, 0) is 19.4 Å². The maximum Gasteiger partial charge on any atom is 0.229 e. The number of rotatable bonds is 3. The van der Waals surface area contributed by atoms with Gasteiger partial charge in [0.15, 0.2) is 15.7 Å². The lowest BCUT2D eigenvalue weighted by Gasteiger charge is -2.16. The zero-order valence-corrected chi connectivity index (χ0v) is 16.1. The lowest BCUT2D eigenvalue weighted by Crippen LogP contribution is -2.40. The van der Waals surface area contributed by atoms with Gasteiger partial charge in [0.25, 0.3) is 0 Å². The largest absolute Gasteiger partial charge is 0.352 e. The Balaban J connectivity index is 1.49. The van der Waals surface area contributed by atoms with Crippen molar-refractivity contribution >= 4 is 54.3 Å². The Kier molecular flexibility index (Phi) is 4.26. The summed E-state index contributed by atoms with van der Waals surface area (Å²) in [7, 11) is -3.06. The molecule has 2 aliphatic rings. The quantitative estimate of drug-likeness (QED) is 0.738. The Morgan fingerprint density at radius 3 is 2.92 bits per heavy atom. The molecule has 0 saturated carbocycles. The van der Waals surface area contributed by atoms with Gasteiger partial charge >= 0.3 is 0 Å². The number of anilines is 1. The van der Waals surface area contributed by atoms with Crippen molar-refractivity contribution in [2.75, 3.05) is 23.0 Å². The molecule has 3 heterocycles. The van der Waals surface area contributed by atoms with Crippen LogP contribution >= 0.6 is 15.9 Å². The Morgan fingerprint density at radius 2 is 2.19 bits per heavy atom. The van der Waals surface area contributed by atoms with Crippen LogP contribution < -0.4 is 10.2 Å². The summed E-state index contributed by atoms with van der Waals surface area (Å²) in [4.78, 5) is 26.4. The topological polar surface area (TPSA) is 112 Å². The van der Waals surface area contributed by atoms with Crippen LogP contribution in [0.25, 0.3) is 10.9 Å². The average molecular weight is 441 g/mol. The zero-order valence-electron chi connectivity index (χ0n) is 13.7. The number of carbonyl (C=O) groups excluding carboxylic acids is 2. The van der Waals surface area contributed by atoms with E-state index in [0.29, 0.717) is 12.2 Å². The summed E-state index contributed by atoms with van der Waals surface area (Å²) in [5, 5.41) is 10.7. The third-order valence-corrected chi connectivity index (χ3v) is 7.10. The third-order valence-electron chi connectivity index (χ3n) is 4.84. The molecule has 2 saturated heterocycles. The van der Waals surface area contributed by atoms with E-state index in [1.165, 1.54) is 4.90 Å². The van der Waals surface area contributed by atoms with Gasteiger partial charge in [-0.3, -0.25) is 19.6 Å². The van der Waals surface area contributed by atoms with Gasteiger partial charge in [0, 0.05) is 28.9 Å². The van der Waals surface area contributed by atoms with Crippen LogP contribution in [0.3, 0.4) is 0 Å². The predicted octanol–water partition coefficient (Wildman–Crippen LogP) is 0.982. The SMILES string of the molecule is O=C(N[C@@H]1CCS(=O)(=O)C1)[C@@H]1CC(=O)N(c2n[nH]c3cc(Br)ccc23)C1. The minimum atomic E-state index is -3.06.